The van der Waals surface area contributed by atoms with Gasteiger partial charge >= 0.3 is 5.97 Å². The van der Waals surface area contributed by atoms with Gasteiger partial charge in [-0.05, 0) is 13.8 Å². The van der Waals surface area contributed by atoms with Gasteiger partial charge in [0.1, 0.15) is 0 Å². The van der Waals surface area contributed by atoms with E-state index in [1.54, 1.807) is 0 Å². The lowest BCUT2D eigenvalue weighted by Gasteiger charge is -2.24. The minimum Gasteiger partial charge on any atom is -0.476 e. The second-order valence-corrected chi connectivity index (χ2v) is 4.35. The van der Waals surface area contributed by atoms with Crippen molar-refractivity contribution in [2.24, 2.45) is 0 Å². The van der Waals surface area contributed by atoms with Crippen LogP contribution in [0.25, 0.3) is 0 Å². The molecule has 0 amide bonds. The lowest BCUT2D eigenvalue weighted by atomic mass is 10.3. The van der Waals surface area contributed by atoms with E-state index in [2.05, 4.69) is 11.1 Å². The molecule has 1 aromatic heterocycles. The van der Waals surface area contributed by atoms with Crippen molar-refractivity contribution in [3.63, 3.8) is 0 Å². The summed E-state index contributed by atoms with van der Waals surface area (Å²) in [6, 6.07) is 2.27. The molecule has 1 N–H and O–H groups in total. The van der Waals surface area contributed by atoms with Gasteiger partial charge in [0, 0.05) is 18.0 Å². The van der Waals surface area contributed by atoms with Crippen LogP contribution < -0.4 is 4.90 Å². The van der Waals surface area contributed by atoms with Gasteiger partial charge in [-0.3, -0.25) is 0 Å². The number of nitrogens with zero attached hydrogens (tertiary/aromatic N) is 3. The monoisotopic (exact) mass is 239 g/mol. The number of thiazole rings is 1. The molecule has 0 unspecified atom stereocenters. The maximum absolute atomic E-state index is 10.7. The van der Waals surface area contributed by atoms with Crippen molar-refractivity contribution in [2.75, 3.05) is 11.4 Å². The Morgan fingerprint density at radius 3 is 2.88 bits per heavy atom. The standard InChI is InChI=1S/C10H13N3O2S/c1-7(2)13(5-3-4-11)10-12-8(6-16-10)9(14)15/h6-7H,3,5H2,1-2H3,(H,14,15). The highest BCUT2D eigenvalue weighted by Crippen LogP contribution is 2.22. The van der Waals surface area contributed by atoms with Crippen molar-refractivity contribution in [3.8, 4) is 6.07 Å². The van der Waals surface area contributed by atoms with E-state index >= 15 is 0 Å². The van der Waals surface area contributed by atoms with Crippen LogP contribution in [0.5, 0.6) is 0 Å². The predicted molar refractivity (Wildman–Crippen MR) is 61.8 cm³/mol. The summed E-state index contributed by atoms with van der Waals surface area (Å²) in [4.78, 5) is 16.6. The molecule has 0 aliphatic rings. The van der Waals surface area contributed by atoms with Gasteiger partial charge in [-0.1, -0.05) is 0 Å². The lowest BCUT2D eigenvalue weighted by Crippen LogP contribution is -2.31. The summed E-state index contributed by atoms with van der Waals surface area (Å²) in [6.07, 6.45) is 0.403. The van der Waals surface area contributed by atoms with E-state index in [4.69, 9.17) is 10.4 Å². The Bertz CT molecular complexity index is 408. The van der Waals surface area contributed by atoms with Crippen molar-refractivity contribution >= 4 is 22.4 Å². The summed E-state index contributed by atoms with van der Waals surface area (Å²) in [5.74, 6) is -1.02. The average Bonchev–Trinajstić information content (AvgIpc) is 2.67. The van der Waals surface area contributed by atoms with Gasteiger partial charge in [-0.15, -0.1) is 11.3 Å². The van der Waals surface area contributed by atoms with Crippen molar-refractivity contribution < 1.29 is 9.90 Å². The highest BCUT2D eigenvalue weighted by molar-refractivity contribution is 7.13. The molecule has 0 aromatic carbocycles. The van der Waals surface area contributed by atoms with E-state index < -0.39 is 5.97 Å². The fraction of sp³-hybridized carbons (Fsp3) is 0.500. The van der Waals surface area contributed by atoms with Crippen LogP contribution >= 0.6 is 11.3 Å². The number of nitriles is 1. The largest absolute Gasteiger partial charge is 0.476 e. The number of hydrogen-bond acceptors (Lipinski definition) is 5. The van der Waals surface area contributed by atoms with Crippen molar-refractivity contribution in [1.82, 2.24) is 4.98 Å². The third kappa shape index (κ3) is 2.94. The highest BCUT2D eigenvalue weighted by Gasteiger charge is 2.16. The highest BCUT2D eigenvalue weighted by atomic mass is 32.1. The first kappa shape index (κ1) is 12.5. The first-order valence-electron chi connectivity index (χ1n) is 4.88. The molecule has 16 heavy (non-hydrogen) atoms. The zero-order valence-electron chi connectivity index (χ0n) is 9.17. The molecular formula is C10H13N3O2S. The molecule has 1 heterocycles. The molecule has 86 valence electrons. The Balaban J connectivity index is 2.85. The van der Waals surface area contributed by atoms with Gasteiger partial charge in [0.05, 0.1) is 12.5 Å². The number of carboxylic acids is 1. The Kier molecular flexibility index (Phi) is 4.26. The summed E-state index contributed by atoms with van der Waals surface area (Å²) in [5, 5.41) is 19.5. The van der Waals surface area contributed by atoms with E-state index in [0.29, 0.717) is 18.1 Å². The molecule has 0 fully saturated rings. The van der Waals surface area contributed by atoms with Crippen molar-refractivity contribution in [2.45, 2.75) is 26.3 Å². The minimum absolute atomic E-state index is 0.0580. The first-order valence-corrected chi connectivity index (χ1v) is 5.76. The molecule has 1 rings (SSSR count). The summed E-state index contributed by atoms with van der Waals surface area (Å²) >= 11 is 1.29. The first-order chi connectivity index (χ1) is 7.56. The van der Waals surface area contributed by atoms with E-state index in [1.165, 1.54) is 16.7 Å². The zero-order chi connectivity index (χ0) is 12.1. The Hall–Kier alpha value is -1.61. The molecule has 0 spiro atoms. The Labute approximate surface area is 98.0 Å². The summed E-state index contributed by atoms with van der Waals surface area (Å²) in [6.45, 7) is 4.54. The number of carboxylic acid groups (broad SMARTS) is 1. The molecule has 0 saturated carbocycles. The van der Waals surface area contributed by atoms with Gasteiger partial charge < -0.3 is 10.0 Å². The van der Waals surface area contributed by atoms with E-state index in [-0.39, 0.29) is 11.7 Å². The van der Waals surface area contributed by atoms with Crippen LogP contribution in [0, 0.1) is 11.3 Å². The molecule has 1 aromatic rings. The van der Waals surface area contributed by atoms with Crippen LogP contribution in [0.15, 0.2) is 5.38 Å². The van der Waals surface area contributed by atoms with Crippen LogP contribution in [-0.4, -0.2) is 28.6 Å². The molecule has 0 aliphatic carbocycles. The van der Waals surface area contributed by atoms with Gasteiger partial charge in [0.25, 0.3) is 0 Å². The Morgan fingerprint density at radius 1 is 1.75 bits per heavy atom. The molecular weight excluding hydrogens is 226 g/mol. The van der Waals surface area contributed by atoms with Crippen LogP contribution in [0.3, 0.4) is 0 Å². The van der Waals surface area contributed by atoms with Gasteiger partial charge in [-0.25, -0.2) is 9.78 Å². The van der Waals surface area contributed by atoms with Crippen molar-refractivity contribution in [1.29, 1.82) is 5.26 Å². The number of aromatic carboxylic acids is 1. The SMILES string of the molecule is CC(C)N(CCC#N)c1nc(C(=O)O)cs1. The maximum Gasteiger partial charge on any atom is 0.355 e. The number of hydrogen-bond donors (Lipinski definition) is 1. The number of aromatic nitrogens is 1. The Morgan fingerprint density at radius 2 is 2.44 bits per heavy atom. The van der Waals surface area contributed by atoms with Crippen LogP contribution in [-0.2, 0) is 0 Å². The molecule has 0 bridgehead atoms. The smallest absolute Gasteiger partial charge is 0.355 e. The summed E-state index contributed by atoms with van der Waals surface area (Å²) in [5.41, 5.74) is 0.0580. The topological polar surface area (TPSA) is 77.2 Å². The molecule has 6 heteroatoms. The molecule has 0 atom stereocenters. The van der Waals surface area contributed by atoms with Gasteiger partial charge in [0.2, 0.25) is 0 Å². The fourth-order valence-corrected chi connectivity index (χ4v) is 2.20. The second kappa shape index (κ2) is 5.47. The predicted octanol–water partition coefficient (Wildman–Crippen LogP) is 1.97. The number of anilines is 1. The quantitative estimate of drug-likeness (QED) is 0.850. The lowest BCUT2D eigenvalue weighted by molar-refractivity contribution is 0.0691. The normalized spacial score (nSPS) is 10.1. The molecule has 0 aliphatic heterocycles. The molecule has 5 nitrogen and oxygen atoms in total. The third-order valence-corrected chi connectivity index (χ3v) is 2.92. The molecule has 0 saturated heterocycles. The number of carbonyl (C=O) groups is 1. The van der Waals surface area contributed by atoms with Gasteiger partial charge in [0.15, 0.2) is 10.8 Å². The van der Waals surface area contributed by atoms with Gasteiger partial charge in [-0.2, -0.15) is 5.26 Å². The van der Waals surface area contributed by atoms with E-state index in [1.807, 2.05) is 18.7 Å². The summed E-state index contributed by atoms with van der Waals surface area (Å²) < 4.78 is 0. The fourth-order valence-electron chi connectivity index (χ4n) is 1.24. The van der Waals surface area contributed by atoms with E-state index in [0.717, 1.165) is 0 Å². The van der Waals surface area contributed by atoms with E-state index in [9.17, 15) is 4.79 Å². The second-order valence-electron chi connectivity index (χ2n) is 3.52. The van der Waals surface area contributed by atoms with Crippen LogP contribution in [0.2, 0.25) is 0 Å². The summed E-state index contributed by atoms with van der Waals surface area (Å²) in [7, 11) is 0. The minimum atomic E-state index is -1.02. The molecule has 0 radical (unpaired) electrons. The van der Waals surface area contributed by atoms with Crippen LogP contribution in [0.1, 0.15) is 30.8 Å². The van der Waals surface area contributed by atoms with Crippen LogP contribution in [0.4, 0.5) is 5.13 Å². The average molecular weight is 239 g/mol. The number of rotatable bonds is 5. The zero-order valence-corrected chi connectivity index (χ0v) is 9.99. The van der Waals surface area contributed by atoms with Crippen molar-refractivity contribution in [3.05, 3.63) is 11.1 Å². The maximum atomic E-state index is 10.7. The third-order valence-electron chi connectivity index (χ3n) is 2.04.